The smallest absolute Gasteiger partial charge is 0.321 e. The molecule has 0 fully saturated rings. The Bertz CT molecular complexity index is 1020. The number of alkyl halides is 2. The fourth-order valence-corrected chi connectivity index (χ4v) is 3.24. The first-order valence-electron chi connectivity index (χ1n) is 8.18. The van der Waals surface area contributed by atoms with Crippen molar-refractivity contribution in [1.29, 1.82) is 0 Å². The molecule has 0 saturated heterocycles. The first kappa shape index (κ1) is 19.6. The summed E-state index contributed by atoms with van der Waals surface area (Å²) in [6.07, 6.45) is 0.249. The second kappa shape index (κ2) is 7.85. The van der Waals surface area contributed by atoms with Crippen LogP contribution in [0.3, 0.4) is 0 Å². The van der Waals surface area contributed by atoms with Gasteiger partial charge in [-0.05, 0) is 36.4 Å². The lowest BCUT2D eigenvalue weighted by Gasteiger charge is -2.23. The van der Waals surface area contributed by atoms with Crippen molar-refractivity contribution < 1.29 is 26.8 Å². The van der Waals surface area contributed by atoms with Gasteiger partial charge in [-0.2, -0.15) is 13.9 Å². The van der Waals surface area contributed by atoms with Crippen molar-refractivity contribution in [3.63, 3.8) is 0 Å². The molecule has 0 bridgehead atoms. The first-order valence-corrected chi connectivity index (χ1v) is 9.72. The van der Waals surface area contributed by atoms with E-state index in [1.54, 1.807) is 30.3 Å². The molecule has 0 spiro atoms. The van der Waals surface area contributed by atoms with Gasteiger partial charge in [-0.25, -0.2) is 13.4 Å². The highest BCUT2D eigenvalue weighted by molar-refractivity contribution is 7.91. The monoisotopic (exact) mass is 407 g/mol. The van der Waals surface area contributed by atoms with Crippen molar-refractivity contribution in [1.82, 2.24) is 0 Å². The van der Waals surface area contributed by atoms with Gasteiger partial charge in [0.25, 0.3) is 5.91 Å². The number of hydrazone groups is 1. The van der Waals surface area contributed by atoms with Gasteiger partial charge in [-0.15, -0.1) is 0 Å². The molecule has 2 aromatic rings. The molecule has 1 heterocycles. The second-order valence-corrected chi connectivity index (χ2v) is 7.79. The zero-order valence-electron chi connectivity index (χ0n) is 14.4. The zero-order chi connectivity index (χ0) is 20.3. The van der Waals surface area contributed by atoms with E-state index in [9.17, 15) is 26.8 Å². The summed E-state index contributed by atoms with van der Waals surface area (Å²) in [7, 11) is -4.70. The lowest BCUT2D eigenvalue weighted by molar-refractivity contribution is -0.118. The van der Waals surface area contributed by atoms with Crippen molar-refractivity contribution in [2.24, 2.45) is 5.10 Å². The number of benzene rings is 2. The van der Waals surface area contributed by atoms with Gasteiger partial charge < -0.3 is 5.32 Å². The predicted molar refractivity (Wildman–Crippen MR) is 98.9 cm³/mol. The summed E-state index contributed by atoms with van der Waals surface area (Å²) < 4.78 is 47.9. The summed E-state index contributed by atoms with van der Waals surface area (Å²) in [5.41, 5.74) is 0.857. The van der Waals surface area contributed by atoms with Crippen molar-refractivity contribution >= 4 is 38.7 Å². The second-order valence-electron chi connectivity index (χ2n) is 5.87. The Kier molecular flexibility index (Phi) is 5.50. The van der Waals surface area contributed by atoms with E-state index >= 15 is 0 Å². The van der Waals surface area contributed by atoms with E-state index in [2.05, 4.69) is 10.4 Å². The number of para-hydroxylation sites is 1. The minimum atomic E-state index is -4.70. The van der Waals surface area contributed by atoms with Gasteiger partial charge in [0.15, 0.2) is 0 Å². The fourth-order valence-electron chi connectivity index (χ4n) is 2.52. The SMILES string of the molecule is O=C(Nc1ccc(S(=O)(=O)C(F)F)cc1)C1=NN(c2ccccc2)C(=O)CC1. The number of hydrogen-bond donors (Lipinski definition) is 1. The van der Waals surface area contributed by atoms with Crippen LogP contribution in [0.25, 0.3) is 0 Å². The Morgan fingerprint density at radius 1 is 1.04 bits per heavy atom. The Balaban J connectivity index is 1.76. The molecule has 0 atom stereocenters. The van der Waals surface area contributed by atoms with Crippen LogP contribution in [0.1, 0.15) is 12.8 Å². The van der Waals surface area contributed by atoms with E-state index in [-0.39, 0.29) is 30.1 Å². The highest BCUT2D eigenvalue weighted by atomic mass is 32.2. The van der Waals surface area contributed by atoms with Gasteiger partial charge in [0.05, 0.1) is 10.6 Å². The molecule has 0 aliphatic carbocycles. The van der Waals surface area contributed by atoms with Crippen molar-refractivity contribution in [3.05, 3.63) is 54.6 Å². The summed E-state index contributed by atoms with van der Waals surface area (Å²) in [4.78, 5) is 24.0. The van der Waals surface area contributed by atoms with Crippen LogP contribution >= 0.6 is 0 Å². The third-order valence-corrected chi connectivity index (χ3v) is 5.37. The number of anilines is 2. The molecule has 3 rings (SSSR count). The molecule has 146 valence electrons. The molecule has 0 unspecified atom stereocenters. The molecule has 28 heavy (non-hydrogen) atoms. The summed E-state index contributed by atoms with van der Waals surface area (Å²) in [5, 5.41) is 7.77. The Hall–Kier alpha value is -3.14. The Labute approximate surface area is 159 Å². The topological polar surface area (TPSA) is 95.9 Å². The summed E-state index contributed by atoms with van der Waals surface area (Å²) >= 11 is 0. The normalized spacial score (nSPS) is 14.8. The molecule has 0 radical (unpaired) electrons. The molecular formula is C18H15F2N3O4S. The van der Waals surface area contributed by atoms with Gasteiger partial charge in [-0.1, -0.05) is 18.2 Å². The standard InChI is InChI=1S/C18H15F2N3O4S/c19-18(20)28(26,27)14-8-6-12(7-9-14)21-17(25)15-10-11-16(24)23(22-15)13-4-2-1-3-5-13/h1-9,18H,10-11H2,(H,21,25). The number of carbonyl (C=O) groups excluding carboxylic acids is 2. The van der Waals surface area contributed by atoms with Crippen LogP contribution in [-0.4, -0.2) is 31.7 Å². The molecule has 2 amide bonds. The number of amides is 2. The average molecular weight is 407 g/mol. The van der Waals surface area contributed by atoms with Gasteiger partial charge in [-0.3, -0.25) is 9.59 Å². The first-order chi connectivity index (χ1) is 13.3. The van der Waals surface area contributed by atoms with Gasteiger partial charge >= 0.3 is 5.76 Å². The lowest BCUT2D eigenvalue weighted by atomic mass is 10.1. The van der Waals surface area contributed by atoms with Gasteiger partial charge in [0.1, 0.15) is 5.71 Å². The predicted octanol–water partition coefficient (Wildman–Crippen LogP) is 2.80. The Morgan fingerprint density at radius 3 is 2.29 bits per heavy atom. The van der Waals surface area contributed by atoms with Crippen molar-refractivity contribution in [2.75, 3.05) is 10.3 Å². The molecular weight excluding hydrogens is 392 g/mol. The summed E-state index contributed by atoms with van der Waals surface area (Å²) in [6, 6.07) is 13.0. The molecule has 1 N–H and O–H groups in total. The Morgan fingerprint density at radius 2 is 1.68 bits per heavy atom. The number of nitrogens with one attached hydrogen (secondary N) is 1. The quantitative estimate of drug-likeness (QED) is 0.824. The lowest BCUT2D eigenvalue weighted by Crippen LogP contribution is -2.36. The maximum atomic E-state index is 12.6. The van der Waals surface area contributed by atoms with Crippen LogP contribution in [-0.2, 0) is 19.4 Å². The molecule has 2 aromatic carbocycles. The summed E-state index contributed by atoms with van der Waals surface area (Å²) in [6.45, 7) is 0. The minimum absolute atomic E-state index is 0.104. The molecule has 1 aliphatic rings. The number of hydrogen-bond acceptors (Lipinski definition) is 5. The third kappa shape index (κ3) is 4.06. The molecule has 0 saturated carbocycles. The van der Waals surface area contributed by atoms with Crippen LogP contribution in [0.2, 0.25) is 0 Å². The average Bonchev–Trinajstić information content (AvgIpc) is 2.69. The zero-order valence-corrected chi connectivity index (χ0v) is 15.2. The number of rotatable bonds is 5. The molecule has 1 aliphatic heterocycles. The maximum Gasteiger partial charge on any atom is 0.341 e. The minimum Gasteiger partial charge on any atom is -0.321 e. The van der Waals surface area contributed by atoms with E-state index < -0.39 is 26.4 Å². The third-order valence-electron chi connectivity index (χ3n) is 3.97. The highest BCUT2D eigenvalue weighted by Gasteiger charge is 2.27. The van der Waals surface area contributed by atoms with Crippen molar-refractivity contribution in [2.45, 2.75) is 23.5 Å². The van der Waals surface area contributed by atoms with E-state index in [1.165, 1.54) is 12.1 Å². The number of sulfone groups is 1. The van der Waals surface area contributed by atoms with E-state index in [0.717, 1.165) is 17.1 Å². The van der Waals surface area contributed by atoms with E-state index in [0.29, 0.717) is 5.69 Å². The van der Waals surface area contributed by atoms with Crippen LogP contribution in [0.5, 0.6) is 0 Å². The highest BCUT2D eigenvalue weighted by Crippen LogP contribution is 2.22. The number of halogens is 2. The fraction of sp³-hybridized carbons (Fsp3) is 0.167. The number of nitrogens with zero attached hydrogens (tertiary/aromatic N) is 2. The summed E-state index contributed by atoms with van der Waals surface area (Å²) in [5.74, 6) is -4.34. The van der Waals surface area contributed by atoms with Crippen molar-refractivity contribution in [3.8, 4) is 0 Å². The van der Waals surface area contributed by atoms with Gasteiger partial charge in [0, 0.05) is 18.5 Å². The molecule has 0 aromatic heterocycles. The van der Waals surface area contributed by atoms with E-state index in [1.807, 2.05) is 0 Å². The largest absolute Gasteiger partial charge is 0.341 e. The molecule has 7 nitrogen and oxygen atoms in total. The van der Waals surface area contributed by atoms with Gasteiger partial charge in [0.2, 0.25) is 15.7 Å². The van der Waals surface area contributed by atoms with E-state index in [4.69, 9.17) is 0 Å². The number of carbonyl (C=O) groups is 2. The van der Waals surface area contributed by atoms with Crippen LogP contribution in [0.15, 0.2) is 64.6 Å². The molecule has 10 heteroatoms. The maximum absolute atomic E-state index is 12.6. The van der Waals surface area contributed by atoms with Crippen LogP contribution < -0.4 is 10.3 Å². The van der Waals surface area contributed by atoms with Crippen LogP contribution in [0, 0.1) is 0 Å². The van der Waals surface area contributed by atoms with Crippen LogP contribution in [0.4, 0.5) is 20.2 Å².